The fraction of sp³-hybridized carbons (Fsp3) is 0.417. The number of ether oxygens (including phenoxy) is 2. The molecule has 0 radical (unpaired) electrons. The number of benzene rings is 1. The molecule has 0 spiro atoms. The van der Waals surface area contributed by atoms with Crippen molar-refractivity contribution in [1.82, 2.24) is 5.32 Å². The van der Waals surface area contributed by atoms with Gasteiger partial charge >= 0.3 is 0 Å². The van der Waals surface area contributed by atoms with Crippen LogP contribution in [0.25, 0.3) is 0 Å². The number of carbonyl (C=O) groups is 1. The van der Waals surface area contributed by atoms with E-state index < -0.39 is 11.9 Å². The van der Waals surface area contributed by atoms with E-state index in [1.165, 1.54) is 0 Å². The van der Waals surface area contributed by atoms with Crippen molar-refractivity contribution < 1.29 is 14.3 Å². The number of primary amides is 1. The van der Waals surface area contributed by atoms with Gasteiger partial charge in [0.25, 0.3) is 0 Å². The van der Waals surface area contributed by atoms with E-state index >= 15 is 0 Å². The minimum atomic E-state index is -0.554. The SMILES string of the molecule is CC.CNC(C(N)=O)c1cccc2c1OCO2. The second kappa shape index (κ2) is 6.10. The molecule has 5 heteroatoms. The molecule has 1 aromatic carbocycles. The highest BCUT2D eigenvalue weighted by Gasteiger charge is 2.25. The number of para-hydroxylation sites is 1. The molecule has 0 aromatic heterocycles. The van der Waals surface area contributed by atoms with Gasteiger partial charge < -0.3 is 20.5 Å². The summed E-state index contributed by atoms with van der Waals surface area (Å²) in [5, 5.41) is 2.84. The molecule has 0 aliphatic carbocycles. The largest absolute Gasteiger partial charge is 0.454 e. The lowest BCUT2D eigenvalue weighted by atomic mass is 10.0. The fourth-order valence-electron chi connectivity index (χ4n) is 1.63. The number of carbonyl (C=O) groups excluding carboxylic acids is 1. The van der Waals surface area contributed by atoms with E-state index in [-0.39, 0.29) is 6.79 Å². The molecule has 1 aliphatic heterocycles. The Morgan fingerprint density at radius 2 is 2.12 bits per heavy atom. The molecule has 0 fully saturated rings. The van der Waals surface area contributed by atoms with E-state index in [4.69, 9.17) is 15.2 Å². The molecule has 1 heterocycles. The molecule has 0 saturated heterocycles. The maximum Gasteiger partial charge on any atom is 0.239 e. The summed E-state index contributed by atoms with van der Waals surface area (Å²) < 4.78 is 10.5. The minimum Gasteiger partial charge on any atom is -0.454 e. The average Bonchev–Trinajstić information content (AvgIpc) is 2.81. The predicted molar refractivity (Wildman–Crippen MR) is 64.9 cm³/mol. The zero-order valence-corrected chi connectivity index (χ0v) is 10.3. The van der Waals surface area contributed by atoms with Gasteiger partial charge in [0.05, 0.1) is 0 Å². The standard InChI is InChI=1S/C10H12N2O3.C2H6/c1-12-8(10(11)13)6-3-2-4-7-9(6)15-5-14-7;1-2/h2-4,8,12H,5H2,1H3,(H2,11,13);1-2H3. The van der Waals surface area contributed by atoms with Gasteiger partial charge in [-0.1, -0.05) is 26.0 Å². The smallest absolute Gasteiger partial charge is 0.239 e. The summed E-state index contributed by atoms with van der Waals surface area (Å²) in [6.07, 6.45) is 0. The highest BCUT2D eigenvalue weighted by Crippen LogP contribution is 2.38. The van der Waals surface area contributed by atoms with Crippen molar-refractivity contribution in [2.75, 3.05) is 13.8 Å². The van der Waals surface area contributed by atoms with E-state index in [1.54, 1.807) is 25.2 Å². The summed E-state index contributed by atoms with van der Waals surface area (Å²) in [4.78, 5) is 11.2. The molecule has 1 unspecified atom stereocenters. The van der Waals surface area contributed by atoms with E-state index in [0.29, 0.717) is 17.1 Å². The van der Waals surface area contributed by atoms with E-state index in [0.717, 1.165) is 0 Å². The predicted octanol–water partition coefficient (Wildman–Crippen LogP) is 1.19. The maximum atomic E-state index is 11.2. The highest BCUT2D eigenvalue weighted by molar-refractivity contribution is 5.82. The van der Waals surface area contributed by atoms with Crippen LogP contribution in [0.3, 0.4) is 0 Å². The molecule has 17 heavy (non-hydrogen) atoms. The van der Waals surface area contributed by atoms with Crippen LogP contribution < -0.4 is 20.5 Å². The van der Waals surface area contributed by atoms with Crippen molar-refractivity contribution in [2.45, 2.75) is 19.9 Å². The van der Waals surface area contributed by atoms with E-state index in [1.807, 2.05) is 13.8 Å². The molecule has 0 saturated carbocycles. The van der Waals surface area contributed by atoms with Crippen molar-refractivity contribution in [3.8, 4) is 11.5 Å². The number of fused-ring (bicyclic) bond motifs is 1. The zero-order chi connectivity index (χ0) is 12.8. The Morgan fingerprint density at radius 3 is 2.71 bits per heavy atom. The molecule has 1 aliphatic rings. The maximum absolute atomic E-state index is 11.2. The number of hydrogen-bond donors (Lipinski definition) is 2. The summed E-state index contributed by atoms with van der Waals surface area (Å²) in [5.74, 6) is 0.797. The van der Waals surface area contributed by atoms with Crippen molar-refractivity contribution in [2.24, 2.45) is 5.73 Å². The quantitative estimate of drug-likeness (QED) is 0.829. The van der Waals surface area contributed by atoms with Crippen LogP contribution in [0.4, 0.5) is 0 Å². The lowest BCUT2D eigenvalue weighted by Gasteiger charge is -2.14. The van der Waals surface area contributed by atoms with E-state index in [2.05, 4.69) is 5.32 Å². The van der Waals surface area contributed by atoms with Crippen LogP contribution in [0.5, 0.6) is 11.5 Å². The van der Waals surface area contributed by atoms with Crippen LogP contribution in [0, 0.1) is 0 Å². The van der Waals surface area contributed by atoms with Gasteiger partial charge in [-0.25, -0.2) is 0 Å². The minimum absolute atomic E-state index is 0.182. The van der Waals surface area contributed by atoms with Crippen LogP contribution in [0.15, 0.2) is 18.2 Å². The Morgan fingerprint density at radius 1 is 1.41 bits per heavy atom. The number of rotatable bonds is 3. The fourth-order valence-corrected chi connectivity index (χ4v) is 1.63. The van der Waals surface area contributed by atoms with Crippen molar-refractivity contribution in [3.63, 3.8) is 0 Å². The Labute approximate surface area is 101 Å². The first-order chi connectivity index (χ1) is 8.24. The Balaban J connectivity index is 0.000000686. The Bertz CT molecular complexity index is 393. The monoisotopic (exact) mass is 238 g/mol. The summed E-state index contributed by atoms with van der Waals surface area (Å²) in [6.45, 7) is 4.18. The number of hydrogen-bond acceptors (Lipinski definition) is 4. The molecule has 94 valence electrons. The molecular weight excluding hydrogens is 220 g/mol. The van der Waals surface area contributed by atoms with Crippen LogP contribution in [-0.4, -0.2) is 19.7 Å². The second-order valence-corrected chi connectivity index (χ2v) is 3.21. The summed E-state index contributed by atoms with van der Waals surface area (Å²) in [7, 11) is 1.67. The van der Waals surface area contributed by atoms with E-state index in [9.17, 15) is 4.79 Å². The third-order valence-electron chi connectivity index (χ3n) is 2.31. The average molecular weight is 238 g/mol. The summed E-state index contributed by atoms with van der Waals surface area (Å²) in [6, 6.07) is 4.83. The third-order valence-corrected chi connectivity index (χ3v) is 2.31. The molecule has 1 amide bonds. The Hall–Kier alpha value is -1.75. The van der Waals surface area contributed by atoms with Gasteiger partial charge in [-0.05, 0) is 13.1 Å². The lowest BCUT2D eigenvalue weighted by Crippen LogP contribution is -2.31. The Kier molecular flexibility index (Phi) is 4.78. The van der Waals surface area contributed by atoms with Crippen LogP contribution in [0.2, 0.25) is 0 Å². The number of nitrogens with two attached hydrogens (primary N) is 1. The van der Waals surface area contributed by atoms with Gasteiger partial charge in [0.2, 0.25) is 12.7 Å². The van der Waals surface area contributed by atoms with Crippen molar-refractivity contribution in [3.05, 3.63) is 23.8 Å². The van der Waals surface area contributed by atoms with Gasteiger partial charge in [-0.2, -0.15) is 0 Å². The molecule has 1 aromatic rings. The van der Waals surface area contributed by atoms with Crippen LogP contribution in [-0.2, 0) is 4.79 Å². The molecule has 2 rings (SSSR count). The van der Waals surface area contributed by atoms with Crippen LogP contribution >= 0.6 is 0 Å². The van der Waals surface area contributed by atoms with Gasteiger partial charge in [-0.3, -0.25) is 4.79 Å². The van der Waals surface area contributed by atoms with Crippen molar-refractivity contribution >= 4 is 5.91 Å². The summed E-state index contributed by atoms with van der Waals surface area (Å²) >= 11 is 0. The first kappa shape index (κ1) is 13.3. The molecule has 0 bridgehead atoms. The second-order valence-electron chi connectivity index (χ2n) is 3.21. The first-order valence-corrected chi connectivity index (χ1v) is 5.59. The number of nitrogens with one attached hydrogen (secondary N) is 1. The molecule has 1 atom stereocenters. The summed E-state index contributed by atoms with van der Waals surface area (Å²) in [5.41, 5.74) is 5.98. The highest BCUT2D eigenvalue weighted by atomic mass is 16.7. The third kappa shape index (κ3) is 2.68. The van der Waals surface area contributed by atoms with Gasteiger partial charge in [0.15, 0.2) is 11.5 Å². The first-order valence-electron chi connectivity index (χ1n) is 5.59. The lowest BCUT2D eigenvalue weighted by molar-refractivity contribution is -0.120. The van der Waals surface area contributed by atoms with Gasteiger partial charge in [-0.15, -0.1) is 0 Å². The normalized spacial score (nSPS) is 13.6. The zero-order valence-electron chi connectivity index (χ0n) is 10.3. The van der Waals surface area contributed by atoms with Gasteiger partial charge in [0.1, 0.15) is 6.04 Å². The van der Waals surface area contributed by atoms with Crippen LogP contribution in [0.1, 0.15) is 25.5 Å². The molecule has 3 N–H and O–H groups in total. The molecule has 5 nitrogen and oxygen atoms in total. The van der Waals surface area contributed by atoms with Gasteiger partial charge in [0, 0.05) is 5.56 Å². The molecular formula is C12H18N2O3. The topological polar surface area (TPSA) is 73.6 Å². The number of amides is 1. The van der Waals surface area contributed by atoms with Crippen molar-refractivity contribution in [1.29, 1.82) is 0 Å². The number of likely N-dealkylation sites (N-methyl/N-ethyl adjacent to an activating group) is 1.